The molecule has 0 saturated heterocycles. The number of amides is 1. The van der Waals surface area contributed by atoms with Gasteiger partial charge in [0.25, 0.3) is 5.91 Å². The minimum absolute atomic E-state index is 0.0177. The molecule has 1 aliphatic rings. The lowest BCUT2D eigenvalue weighted by Crippen LogP contribution is -2.51. The minimum Gasteiger partial charge on any atom is -0.497 e. The van der Waals surface area contributed by atoms with E-state index in [1.165, 1.54) is 44.0 Å². The second kappa shape index (κ2) is 7.87. The molecule has 0 fully saturated rings. The van der Waals surface area contributed by atoms with Gasteiger partial charge in [-0.1, -0.05) is 0 Å². The monoisotopic (exact) mass is 426 g/mol. The van der Waals surface area contributed by atoms with E-state index in [1.54, 1.807) is 6.07 Å². The van der Waals surface area contributed by atoms with Crippen LogP contribution in [-0.4, -0.2) is 50.1 Å². The highest BCUT2D eigenvalue weighted by Gasteiger charge is 2.40. The number of carbonyl (C=O) groups is 2. The van der Waals surface area contributed by atoms with Crippen molar-refractivity contribution < 1.29 is 32.7 Å². The van der Waals surface area contributed by atoms with Crippen molar-refractivity contribution in [1.82, 2.24) is 9.79 Å². The number of carbonyl (C=O) groups excluding carboxylic acids is 2. The maximum Gasteiger partial charge on any atom is 0.348 e. The second-order valence-corrected chi connectivity index (χ2v) is 9.00. The molecule has 150 valence electrons. The zero-order valence-electron chi connectivity index (χ0n) is 15.0. The third-order valence-electron chi connectivity index (χ3n) is 4.41. The van der Waals surface area contributed by atoms with Crippen molar-refractivity contribution in [2.75, 3.05) is 14.2 Å². The van der Waals surface area contributed by atoms with Crippen LogP contribution in [0.15, 0.2) is 35.2 Å². The highest BCUT2D eigenvalue weighted by Crippen LogP contribution is 2.34. The molecule has 2 aromatic rings. The van der Waals surface area contributed by atoms with Gasteiger partial charge >= 0.3 is 5.97 Å². The van der Waals surface area contributed by atoms with Crippen molar-refractivity contribution in [3.63, 3.8) is 0 Å². The van der Waals surface area contributed by atoms with Gasteiger partial charge in [-0.15, -0.1) is 11.3 Å². The summed E-state index contributed by atoms with van der Waals surface area (Å²) >= 11 is 1.14. The van der Waals surface area contributed by atoms with Crippen molar-refractivity contribution in [3.05, 3.63) is 45.6 Å². The van der Waals surface area contributed by atoms with Crippen LogP contribution in [0, 0.1) is 0 Å². The molecule has 28 heavy (non-hydrogen) atoms. The van der Waals surface area contributed by atoms with Crippen LogP contribution in [0.2, 0.25) is 0 Å². The van der Waals surface area contributed by atoms with Crippen LogP contribution in [0.3, 0.4) is 0 Å². The van der Waals surface area contributed by atoms with E-state index in [1.807, 2.05) is 0 Å². The molecule has 1 amide bonds. The van der Waals surface area contributed by atoms with Gasteiger partial charge < -0.3 is 9.47 Å². The van der Waals surface area contributed by atoms with Crippen LogP contribution in [0.1, 0.15) is 20.1 Å². The van der Waals surface area contributed by atoms with Crippen LogP contribution >= 0.6 is 11.3 Å². The molecule has 0 aliphatic carbocycles. The fourth-order valence-corrected chi connectivity index (χ4v) is 5.66. The maximum atomic E-state index is 13.2. The number of ether oxygens (including phenoxy) is 2. The average Bonchev–Trinajstić information content (AvgIpc) is 3.14. The lowest BCUT2D eigenvalue weighted by Gasteiger charge is -2.33. The van der Waals surface area contributed by atoms with Crippen LogP contribution in [-0.2, 0) is 32.5 Å². The smallest absolute Gasteiger partial charge is 0.348 e. The molecule has 1 aliphatic heterocycles. The molecule has 2 N–H and O–H groups in total. The first-order valence-corrected chi connectivity index (χ1v) is 10.4. The summed E-state index contributed by atoms with van der Waals surface area (Å²) in [5.41, 5.74) is 2.14. The van der Waals surface area contributed by atoms with Crippen molar-refractivity contribution in [2.24, 2.45) is 0 Å². The standard InChI is InChI=1S/C17H18N2O7S2/c1-25-11-3-5-12(6-4-11)28(23,24)19-9-10-7-15(17(21)26-2)27-14(10)8-13(19)16(20)18-22/h3-7,13,22H,8-9H2,1-2H3,(H,18,20). The van der Waals surface area contributed by atoms with Crippen LogP contribution < -0.4 is 10.2 Å². The minimum atomic E-state index is -4.06. The normalized spacial score (nSPS) is 16.9. The highest BCUT2D eigenvalue weighted by atomic mass is 32.2. The van der Waals surface area contributed by atoms with E-state index in [4.69, 9.17) is 14.7 Å². The summed E-state index contributed by atoms with van der Waals surface area (Å²) in [6.07, 6.45) is 0.0266. The molecular formula is C17H18N2O7S2. The Morgan fingerprint density at radius 3 is 2.50 bits per heavy atom. The average molecular weight is 426 g/mol. The number of hydrogen-bond donors (Lipinski definition) is 2. The van der Waals surface area contributed by atoms with Gasteiger partial charge in [0, 0.05) is 17.8 Å². The Hall–Kier alpha value is -2.47. The van der Waals surface area contributed by atoms with Crippen LogP contribution in [0.5, 0.6) is 5.75 Å². The second-order valence-electron chi connectivity index (χ2n) is 5.97. The molecule has 9 nitrogen and oxygen atoms in total. The topological polar surface area (TPSA) is 122 Å². The predicted molar refractivity (Wildman–Crippen MR) is 98.8 cm³/mol. The third-order valence-corrected chi connectivity index (χ3v) is 7.46. The van der Waals surface area contributed by atoms with E-state index in [-0.39, 0.29) is 17.9 Å². The fourth-order valence-electron chi connectivity index (χ4n) is 2.96. The maximum absolute atomic E-state index is 13.2. The summed E-state index contributed by atoms with van der Waals surface area (Å²) in [5, 5.41) is 9.08. The molecule has 1 aromatic heterocycles. The summed E-state index contributed by atoms with van der Waals surface area (Å²) in [6.45, 7) is -0.116. The van der Waals surface area contributed by atoms with Gasteiger partial charge in [0.05, 0.1) is 19.1 Å². The van der Waals surface area contributed by atoms with E-state index < -0.39 is 27.9 Å². The number of nitrogens with zero attached hydrogens (tertiary/aromatic N) is 1. The van der Waals surface area contributed by atoms with Crippen LogP contribution in [0.4, 0.5) is 0 Å². The molecule has 2 heterocycles. The third kappa shape index (κ3) is 3.61. The number of thiophene rings is 1. The van der Waals surface area contributed by atoms with Crippen molar-refractivity contribution in [1.29, 1.82) is 0 Å². The summed E-state index contributed by atoms with van der Waals surface area (Å²) in [6, 6.07) is 6.17. The molecule has 1 atom stereocenters. The largest absolute Gasteiger partial charge is 0.497 e. The van der Waals surface area contributed by atoms with E-state index in [0.717, 1.165) is 15.6 Å². The highest BCUT2D eigenvalue weighted by molar-refractivity contribution is 7.89. The van der Waals surface area contributed by atoms with Crippen molar-refractivity contribution >= 4 is 33.2 Å². The predicted octanol–water partition coefficient (Wildman–Crippen LogP) is 1.16. The molecule has 0 saturated carbocycles. The molecule has 0 bridgehead atoms. The van der Waals surface area contributed by atoms with Crippen LogP contribution in [0.25, 0.3) is 0 Å². The Bertz CT molecular complexity index is 999. The molecule has 3 rings (SSSR count). The lowest BCUT2D eigenvalue weighted by atomic mass is 10.0. The lowest BCUT2D eigenvalue weighted by molar-refractivity contribution is -0.133. The summed E-state index contributed by atoms with van der Waals surface area (Å²) in [5.74, 6) is -0.895. The van der Waals surface area contributed by atoms with Gasteiger partial charge in [-0.25, -0.2) is 18.7 Å². The van der Waals surface area contributed by atoms with Gasteiger partial charge in [-0.2, -0.15) is 4.31 Å². The summed E-state index contributed by atoms with van der Waals surface area (Å²) < 4.78 is 37.1. The Morgan fingerprint density at radius 2 is 1.93 bits per heavy atom. The van der Waals surface area contributed by atoms with E-state index in [0.29, 0.717) is 21.1 Å². The number of hydroxylamine groups is 1. The quantitative estimate of drug-likeness (QED) is 0.418. The van der Waals surface area contributed by atoms with Gasteiger partial charge in [-0.3, -0.25) is 10.0 Å². The zero-order chi connectivity index (χ0) is 20.5. The van der Waals surface area contributed by atoms with Crippen molar-refractivity contribution in [2.45, 2.75) is 23.9 Å². The number of esters is 1. The van der Waals surface area contributed by atoms with Gasteiger partial charge in [-0.05, 0) is 35.9 Å². The van der Waals surface area contributed by atoms with E-state index >= 15 is 0 Å². The number of benzene rings is 1. The number of rotatable bonds is 5. The Labute approximate surface area is 165 Å². The molecule has 1 aromatic carbocycles. The number of methoxy groups -OCH3 is 2. The van der Waals surface area contributed by atoms with Gasteiger partial charge in [0.2, 0.25) is 10.0 Å². The molecule has 1 unspecified atom stereocenters. The van der Waals surface area contributed by atoms with Crippen molar-refractivity contribution in [3.8, 4) is 5.75 Å². The first-order valence-electron chi connectivity index (χ1n) is 8.11. The van der Waals surface area contributed by atoms with E-state index in [2.05, 4.69) is 0 Å². The first kappa shape index (κ1) is 20.3. The molecule has 11 heteroatoms. The fraction of sp³-hybridized carbons (Fsp3) is 0.294. The number of nitrogens with one attached hydrogen (secondary N) is 1. The Kier molecular flexibility index (Phi) is 5.70. The molecular weight excluding hydrogens is 408 g/mol. The number of hydrogen-bond acceptors (Lipinski definition) is 8. The summed E-state index contributed by atoms with van der Waals surface area (Å²) in [4.78, 5) is 25.0. The molecule has 0 radical (unpaired) electrons. The first-order chi connectivity index (χ1) is 13.3. The number of sulfonamides is 1. The Balaban J connectivity index is 2.02. The summed E-state index contributed by atoms with van der Waals surface area (Å²) in [7, 11) is -1.34. The zero-order valence-corrected chi connectivity index (χ0v) is 16.7. The van der Waals surface area contributed by atoms with Gasteiger partial charge in [0.1, 0.15) is 16.7 Å². The van der Waals surface area contributed by atoms with Gasteiger partial charge in [0.15, 0.2) is 0 Å². The molecule has 0 spiro atoms. The SMILES string of the molecule is COC(=O)c1cc2c(s1)CC(C(=O)NO)N(S(=O)(=O)c1ccc(OC)cc1)C2. The Morgan fingerprint density at radius 1 is 1.25 bits per heavy atom. The number of fused-ring (bicyclic) bond motifs is 1. The van der Waals surface area contributed by atoms with E-state index in [9.17, 15) is 18.0 Å².